The number of ether oxygens (including phenoxy) is 1. The molecule has 0 saturated carbocycles. The monoisotopic (exact) mass is 438 g/mol. The van der Waals surface area contributed by atoms with Crippen LogP contribution >= 0.6 is 0 Å². The molecule has 2 amide bonds. The average molecular weight is 439 g/mol. The highest BCUT2D eigenvalue weighted by molar-refractivity contribution is 5.99. The number of rotatable bonds is 2. The van der Waals surface area contributed by atoms with Gasteiger partial charge in [0.25, 0.3) is 5.91 Å². The first-order chi connectivity index (χ1) is 15.3. The second kappa shape index (κ2) is 10.4. The molecule has 2 aromatic rings. The van der Waals surface area contributed by atoms with E-state index in [9.17, 15) is 14.0 Å². The molecule has 0 spiro atoms. The summed E-state index contributed by atoms with van der Waals surface area (Å²) in [4.78, 5) is 28.2. The summed E-state index contributed by atoms with van der Waals surface area (Å²) in [6.45, 7) is 5.78. The van der Waals surface area contributed by atoms with Gasteiger partial charge < -0.3 is 15.0 Å². The van der Waals surface area contributed by atoms with Gasteiger partial charge in [-0.3, -0.25) is 9.59 Å². The number of nitrogens with one attached hydrogen (secondary N) is 1. The summed E-state index contributed by atoms with van der Waals surface area (Å²) in [6.07, 6.45) is 5.08. The fourth-order valence-corrected chi connectivity index (χ4v) is 4.00. The lowest BCUT2D eigenvalue weighted by atomic mass is 9.98. The lowest BCUT2D eigenvalue weighted by Crippen LogP contribution is -2.51. The molecule has 2 aromatic carbocycles. The van der Waals surface area contributed by atoms with Gasteiger partial charge in [0.2, 0.25) is 5.91 Å². The maximum atomic E-state index is 13.4. The van der Waals surface area contributed by atoms with Crippen molar-refractivity contribution in [3.05, 3.63) is 77.6 Å². The lowest BCUT2D eigenvalue weighted by Gasteiger charge is -2.32. The van der Waals surface area contributed by atoms with E-state index in [4.69, 9.17) is 4.74 Å². The van der Waals surface area contributed by atoms with E-state index in [1.807, 2.05) is 39.0 Å². The van der Waals surface area contributed by atoms with Crippen molar-refractivity contribution >= 4 is 11.8 Å². The van der Waals surface area contributed by atoms with E-state index in [1.165, 1.54) is 17.0 Å². The van der Waals surface area contributed by atoms with Crippen LogP contribution in [0.4, 0.5) is 4.39 Å². The van der Waals surface area contributed by atoms with E-state index in [0.29, 0.717) is 24.2 Å². The van der Waals surface area contributed by atoms with E-state index in [2.05, 4.69) is 5.32 Å². The van der Waals surface area contributed by atoms with Crippen LogP contribution in [0, 0.1) is 11.7 Å². The molecule has 5 nitrogen and oxygen atoms in total. The van der Waals surface area contributed by atoms with Gasteiger partial charge >= 0.3 is 0 Å². The smallest absolute Gasteiger partial charge is 0.258 e. The van der Waals surface area contributed by atoms with Gasteiger partial charge in [-0.05, 0) is 49.1 Å². The van der Waals surface area contributed by atoms with Crippen LogP contribution in [-0.4, -0.2) is 35.9 Å². The number of hydrogen-bond acceptors (Lipinski definition) is 3. The minimum atomic E-state index is -0.678. The molecule has 0 radical (unpaired) electrons. The highest BCUT2D eigenvalue weighted by Gasteiger charge is 2.33. The van der Waals surface area contributed by atoms with Crippen LogP contribution in [0.15, 0.2) is 60.7 Å². The van der Waals surface area contributed by atoms with Gasteiger partial charge in [-0.25, -0.2) is 4.39 Å². The molecule has 1 aliphatic heterocycles. The number of amides is 2. The maximum absolute atomic E-state index is 13.4. The molecule has 0 aromatic heterocycles. The van der Waals surface area contributed by atoms with E-state index >= 15 is 0 Å². The third-order valence-electron chi connectivity index (χ3n) is 5.68. The van der Waals surface area contributed by atoms with Crippen molar-refractivity contribution in [2.75, 3.05) is 7.05 Å². The Morgan fingerprint density at radius 3 is 2.38 bits per heavy atom. The zero-order chi connectivity index (χ0) is 23.3. The Balaban J connectivity index is 1.99. The second-order valence-electron chi connectivity index (χ2n) is 8.59. The zero-order valence-corrected chi connectivity index (χ0v) is 19.0. The van der Waals surface area contributed by atoms with Gasteiger partial charge in [0.15, 0.2) is 0 Å². The fraction of sp³-hybridized carbons (Fsp3) is 0.385. The molecule has 1 N–H and O–H groups in total. The van der Waals surface area contributed by atoms with Gasteiger partial charge in [-0.15, -0.1) is 0 Å². The summed E-state index contributed by atoms with van der Waals surface area (Å²) in [7, 11) is 1.64. The Hall–Kier alpha value is -3.15. The molecule has 1 aliphatic rings. The molecule has 0 aliphatic carbocycles. The molecule has 6 heteroatoms. The number of carbonyl (C=O) groups excluding carboxylic acids is 2. The van der Waals surface area contributed by atoms with E-state index in [-0.39, 0.29) is 35.7 Å². The largest absolute Gasteiger partial charge is 0.490 e. The minimum absolute atomic E-state index is 0.117. The highest BCUT2D eigenvalue weighted by atomic mass is 19.1. The van der Waals surface area contributed by atoms with Gasteiger partial charge in [-0.2, -0.15) is 0 Å². The predicted molar refractivity (Wildman–Crippen MR) is 123 cm³/mol. The Bertz CT molecular complexity index is 971. The van der Waals surface area contributed by atoms with Crippen LogP contribution in [0.3, 0.4) is 0 Å². The predicted octanol–water partition coefficient (Wildman–Crippen LogP) is 4.90. The Kier molecular flexibility index (Phi) is 7.67. The number of para-hydroxylation sites is 1. The van der Waals surface area contributed by atoms with Crippen molar-refractivity contribution in [1.29, 1.82) is 0 Å². The molecule has 3 atom stereocenters. The average Bonchev–Trinajstić information content (AvgIpc) is 2.75. The summed E-state index contributed by atoms with van der Waals surface area (Å²) >= 11 is 0. The lowest BCUT2D eigenvalue weighted by molar-refractivity contribution is -0.127. The van der Waals surface area contributed by atoms with Crippen LogP contribution in [0.25, 0.3) is 0 Å². The van der Waals surface area contributed by atoms with Gasteiger partial charge in [0.05, 0.1) is 17.7 Å². The number of fused-ring (bicyclic) bond motifs is 1. The topological polar surface area (TPSA) is 58.6 Å². The van der Waals surface area contributed by atoms with Gasteiger partial charge in [-0.1, -0.05) is 50.3 Å². The number of carbonyl (C=O) groups is 2. The molecule has 0 saturated heterocycles. The Labute approximate surface area is 189 Å². The first-order valence-corrected chi connectivity index (χ1v) is 11.0. The second-order valence-corrected chi connectivity index (χ2v) is 8.59. The highest BCUT2D eigenvalue weighted by Crippen LogP contribution is 2.25. The molecule has 3 rings (SSSR count). The van der Waals surface area contributed by atoms with E-state index in [1.54, 1.807) is 37.4 Å². The summed E-state index contributed by atoms with van der Waals surface area (Å²) in [5.74, 6) is -0.454. The van der Waals surface area contributed by atoms with Crippen LogP contribution in [-0.2, 0) is 4.79 Å². The summed E-state index contributed by atoms with van der Waals surface area (Å²) in [6, 6.07) is 12.2. The fourth-order valence-electron chi connectivity index (χ4n) is 4.00. The van der Waals surface area contributed by atoms with Crippen molar-refractivity contribution in [1.82, 2.24) is 10.2 Å². The Morgan fingerprint density at radius 2 is 1.69 bits per heavy atom. The normalized spacial score (nSPS) is 23.7. The number of likely N-dealkylation sites (N-methyl/N-ethyl adjacent to an activating group) is 1. The summed E-state index contributed by atoms with van der Waals surface area (Å²) < 4.78 is 19.5. The third-order valence-corrected chi connectivity index (χ3v) is 5.68. The number of benzene rings is 2. The van der Waals surface area contributed by atoms with E-state index in [0.717, 1.165) is 5.56 Å². The first kappa shape index (κ1) is 23.5. The number of halogens is 1. The third kappa shape index (κ3) is 5.55. The van der Waals surface area contributed by atoms with Crippen molar-refractivity contribution < 1.29 is 18.7 Å². The van der Waals surface area contributed by atoms with Crippen molar-refractivity contribution in [2.24, 2.45) is 5.92 Å². The zero-order valence-electron chi connectivity index (χ0n) is 19.0. The first-order valence-electron chi connectivity index (χ1n) is 11.0. The molecule has 0 fully saturated rings. The SMILES string of the molecule is CC(C)[C@H]1C(=O)N[C@H](c2ccc(F)cc2)C/C=C/C[C@@H](C)Oc2ccccc2C(=O)N1C. The molecular weight excluding hydrogens is 407 g/mol. The van der Waals surface area contributed by atoms with Crippen LogP contribution in [0.5, 0.6) is 5.75 Å². The van der Waals surface area contributed by atoms with Crippen molar-refractivity contribution in [3.8, 4) is 5.75 Å². The summed E-state index contributed by atoms with van der Waals surface area (Å²) in [5.41, 5.74) is 1.24. The maximum Gasteiger partial charge on any atom is 0.258 e. The summed E-state index contributed by atoms with van der Waals surface area (Å²) in [5, 5.41) is 3.09. The van der Waals surface area contributed by atoms with Crippen molar-refractivity contribution in [2.45, 2.75) is 51.8 Å². The number of hydrogen-bond donors (Lipinski definition) is 1. The molecule has 32 heavy (non-hydrogen) atoms. The van der Waals surface area contributed by atoms with Crippen molar-refractivity contribution in [3.63, 3.8) is 0 Å². The van der Waals surface area contributed by atoms with Gasteiger partial charge in [0, 0.05) is 13.5 Å². The minimum Gasteiger partial charge on any atom is -0.490 e. The molecule has 0 bridgehead atoms. The molecule has 170 valence electrons. The number of nitrogens with zero attached hydrogens (tertiary/aromatic N) is 1. The van der Waals surface area contributed by atoms with E-state index < -0.39 is 6.04 Å². The van der Waals surface area contributed by atoms with Gasteiger partial charge in [0.1, 0.15) is 17.6 Å². The van der Waals surface area contributed by atoms with Crippen LogP contribution in [0.2, 0.25) is 0 Å². The quantitative estimate of drug-likeness (QED) is 0.679. The molecule has 0 unspecified atom stereocenters. The molecular formula is C26H31FN2O3. The standard InChI is InChI=1S/C26H31FN2O3/c1-17(2)24-25(30)28-22(19-13-15-20(27)16-14-19)11-7-5-9-18(3)32-23-12-8-6-10-21(23)26(31)29(24)4/h5-8,10,12-18,22,24H,9,11H2,1-4H3,(H,28,30)/b7-5+/t18-,22+,24+/m1/s1. The van der Waals surface area contributed by atoms with Crippen LogP contribution < -0.4 is 10.1 Å². The molecule has 1 heterocycles. The van der Waals surface area contributed by atoms with Crippen LogP contribution in [0.1, 0.15) is 55.6 Å². The Morgan fingerprint density at radius 1 is 1.03 bits per heavy atom.